The van der Waals surface area contributed by atoms with Gasteiger partial charge in [0, 0.05) is 26.7 Å². The van der Waals surface area contributed by atoms with Gasteiger partial charge in [0.05, 0.1) is 0 Å². The third-order valence-corrected chi connectivity index (χ3v) is 2.58. The summed E-state index contributed by atoms with van der Waals surface area (Å²) in [4.78, 5) is 17.0. The number of aromatic nitrogens is 3. The van der Waals surface area contributed by atoms with E-state index in [0.29, 0.717) is 29.8 Å². The van der Waals surface area contributed by atoms with Gasteiger partial charge in [-0.1, -0.05) is 13.8 Å². The van der Waals surface area contributed by atoms with E-state index in [9.17, 15) is 0 Å². The molecule has 0 atom stereocenters. The van der Waals surface area contributed by atoms with Gasteiger partial charge in [-0.05, 0) is 19.8 Å². The molecule has 0 aliphatic rings. The van der Waals surface area contributed by atoms with Gasteiger partial charge >= 0.3 is 0 Å². The average molecular weight is 267 g/mol. The molecule has 1 heterocycles. The van der Waals surface area contributed by atoms with Gasteiger partial charge < -0.3 is 9.80 Å². The van der Waals surface area contributed by atoms with Crippen LogP contribution in [0.2, 0.25) is 0 Å². The van der Waals surface area contributed by atoms with E-state index >= 15 is 0 Å². The van der Waals surface area contributed by atoms with E-state index in [0.717, 1.165) is 6.54 Å². The van der Waals surface area contributed by atoms with E-state index in [4.69, 9.17) is 5.84 Å². The highest BCUT2D eigenvalue weighted by Gasteiger charge is 2.18. The molecule has 19 heavy (non-hydrogen) atoms. The number of nitrogen functional groups attached to an aromatic ring is 1. The average Bonchev–Trinajstić information content (AvgIpc) is 2.34. The predicted octanol–water partition coefficient (Wildman–Crippen LogP) is 1.09. The number of nitrogens with zero attached hydrogens (tertiary/aromatic N) is 5. The Morgan fingerprint density at radius 2 is 1.63 bits per heavy atom. The van der Waals surface area contributed by atoms with Crippen LogP contribution >= 0.6 is 0 Å². The molecule has 0 bridgehead atoms. The molecule has 0 aromatic carbocycles. The van der Waals surface area contributed by atoms with E-state index in [1.807, 2.05) is 19.0 Å². The van der Waals surface area contributed by atoms with Crippen LogP contribution in [-0.2, 0) is 0 Å². The quantitative estimate of drug-likeness (QED) is 0.589. The number of hydrogen-bond acceptors (Lipinski definition) is 7. The topological polar surface area (TPSA) is 83.2 Å². The van der Waals surface area contributed by atoms with Crippen molar-refractivity contribution in [1.82, 2.24) is 15.0 Å². The lowest BCUT2D eigenvalue weighted by Gasteiger charge is -2.29. The van der Waals surface area contributed by atoms with Gasteiger partial charge in [0.15, 0.2) is 0 Å². The third kappa shape index (κ3) is 4.20. The Morgan fingerprint density at radius 1 is 1.05 bits per heavy atom. The van der Waals surface area contributed by atoms with Crippen LogP contribution in [0.25, 0.3) is 0 Å². The fraction of sp³-hybridized carbons (Fsp3) is 0.750. The third-order valence-electron chi connectivity index (χ3n) is 2.58. The molecule has 7 heteroatoms. The zero-order valence-electron chi connectivity index (χ0n) is 12.7. The van der Waals surface area contributed by atoms with Crippen LogP contribution in [0.15, 0.2) is 0 Å². The molecule has 0 spiro atoms. The second kappa shape index (κ2) is 6.51. The maximum Gasteiger partial charge on any atom is 0.243 e. The summed E-state index contributed by atoms with van der Waals surface area (Å²) in [5, 5.41) is 0. The predicted molar refractivity (Wildman–Crippen MR) is 79.3 cm³/mol. The van der Waals surface area contributed by atoms with Crippen LogP contribution < -0.4 is 21.1 Å². The van der Waals surface area contributed by atoms with E-state index in [1.165, 1.54) is 0 Å². The van der Waals surface area contributed by atoms with Crippen LogP contribution in [0.3, 0.4) is 0 Å². The normalized spacial score (nSPS) is 11.0. The second-order valence-corrected chi connectivity index (χ2v) is 5.44. The van der Waals surface area contributed by atoms with Gasteiger partial charge in [-0.2, -0.15) is 15.0 Å². The molecule has 1 rings (SSSR count). The van der Waals surface area contributed by atoms with Crippen molar-refractivity contribution in [3.8, 4) is 0 Å². The zero-order chi connectivity index (χ0) is 14.6. The number of anilines is 3. The van der Waals surface area contributed by atoms with Crippen molar-refractivity contribution in [2.75, 3.05) is 35.9 Å². The molecular weight excluding hydrogens is 242 g/mol. The van der Waals surface area contributed by atoms with Crippen molar-refractivity contribution < 1.29 is 0 Å². The molecule has 0 aliphatic carbocycles. The molecule has 7 nitrogen and oxygen atoms in total. The number of nitrogens with two attached hydrogens (primary N) is 1. The van der Waals surface area contributed by atoms with Gasteiger partial charge in [-0.3, -0.25) is 5.43 Å². The first-order chi connectivity index (χ1) is 8.85. The smallest absolute Gasteiger partial charge is 0.243 e. The number of hydrogen-bond donors (Lipinski definition) is 2. The molecule has 1 aromatic rings. The van der Waals surface area contributed by atoms with Gasteiger partial charge in [0.25, 0.3) is 0 Å². The molecule has 1 aromatic heterocycles. The van der Waals surface area contributed by atoms with Crippen LogP contribution in [0.1, 0.15) is 27.7 Å². The molecule has 0 saturated heterocycles. The highest BCUT2D eigenvalue weighted by molar-refractivity contribution is 5.44. The Kier molecular flexibility index (Phi) is 5.29. The Balaban J connectivity index is 3.17. The number of nitrogens with one attached hydrogen (secondary N) is 1. The summed E-state index contributed by atoms with van der Waals surface area (Å²) in [6.45, 7) is 9.48. The van der Waals surface area contributed by atoms with Gasteiger partial charge in [-0.25, -0.2) is 5.84 Å². The van der Waals surface area contributed by atoms with Crippen molar-refractivity contribution in [2.24, 2.45) is 11.8 Å². The largest absolute Gasteiger partial charge is 0.347 e. The number of hydrazine groups is 1. The van der Waals surface area contributed by atoms with Crippen LogP contribution in [-0.4, -0.2) is 41.6 Å². The monoisotopic (exact) mass is 267 g/mol. The first kappa shape index (κ1) is 15.4. The standard InChI is InChI=1S/C12H25N7/c1-8(2)7-19(9(3)4)12-15-10(17-13)14-11(16-12)18(5)6/h8-9H,7,13H2,1-6H3,(H,14,15,16,17). The van der Waals surface area contributed by atoms with Gasteiger partial charge in [0.2, 0.25) is 17.8 Å². The lowest BCUT2D eigenvalue weighted by Crippen LogP contribution is -2.36. The summed E-state index contributed by atoms with van der Waals surface area (Å²) in [5.41, 5.74) is 2.49. The minimum Gasteiger partial charge on any atom is -0.347 e. The molecule has 0 fully saturated rings. The van der Waals surface area contributed by atoms with Crippen molar-refractivity contribution in [3.63, 3.8) is 0 Å². The first-order valence-corrected chi connectivity index (χ1v) is 6.51. The Bertz CT molecular complexity index is 403. The zero-order valence-corrected chi connectivity index (χ0v) is 12.7. The lowest BCUT2D eigenvalue weighted by atomic mass is 10.2. The van der Waals surface area contributed by atoms with E-state index in [2.05, 4.69) is 53.0 Å². The van der Waals surface area contributed by atoms with Crippen molar-refractivity contribution >= 4 is 17.8 Å². The minimum atomic E-state index is 0.311. The van der Waals surface area contributed by atoms with Crippen molar-refractivity contribution in [2.45, 2.75) is 33.7 Å². The van der Waals surface area contributed by atoms with Crippen LogP contribution in [0, 0.1) is 5.92 Å². The minimum absolute atomic E-state index is 0.311. The Labute approximate surface area is 115 Å². The van der Waals surface area contributed by atoms with Gasteiger partial charge in [-0.15, -0.1) is 0 Å². The molecular formula is C12H25N7. The maximum atomic E-state index is 5.43. The molecule has 108 valence electrons. The molecule has 0 saturated carbocycles. The van der Waals surface area contributed by atoms with E-state index in [1.54, 1.807) is 0 Å². The highest BCUT2D eigenvalue weighted by Crippen LogP contribution is 2.18. The summed E-state index contributed by atoms with van der Waals surface area (Å²) >= 11 is 0. The fourth-order valence-corrected chi connectivity index (χ4v) is 1.66. The summed E-state index contributed by atoms with van der Waals surface area (Å²) in [7, 11) is 3.78. The van der Waals surface area contributed by atoms with Crippen molar-refractivity contribution in [1.29, 1.82) is 0 Å². The summed E-state index contributed by atoms with van der Waals surface area (Å²) in [6, 6.07) is 0.311. The van der Waals surface area contributed by atoms with Crippen molar-refractivity contribution in [3.05, 3.63) is 0 Å². The van der Waals surface area contributed by atoms with Crippen LogP contribution in [0.5, 0.6) is 0 Å². The maximum absolute atomic E-state index is 5.43. The Morgan fingerprint density at radius 3 is 2.05 bits per heavy atom. The summed E-state index contributed by atoms with van der Waals surface area (Å²) in [5.74, 6) is 7.57. The Hall–Kier alpha value is -1.63. The molecule has 0 amide bonds. The van der Waals surface area contributed by atoms with Crippen LogP contribution in [0.4, 0.5) is 17.8 Å². The molecule has 0 unspecified atom stereocenters. The summed E-state index contributed by atoms with van der Waals surface area (Å²) < 4.78 is 0. The summed E-state index contributed by atoms with van der Waals surface area (Å²) in [6.07, 6.45) is 0. The second-order valence-electron chi connectivity index (χ2n) is 5.44. The fourth-order valence-electron chi connectivity index (χ4n) is 1.66. The van der Waals surface area contributed by atoms with Gasteiger partial charge in [0.1, 0.15) is 0 Å². The molecule has 0 aliphatic heterocycles. The first-order valence-electron chi connectivity index (χ1n) is 6.51. The van der Waals surface area contributed by atoms with E-state index in [-0.39, 0.29) is 0 Å². The SMILES string of the molecule is CC(C)CN(c1nc(NN)nc(N(C)C)n1)C(C)C. The van der Waals surface area contributed by atoms with E-state index < -0.39 is 0 Å². The molecule has 0 radical (unpaired) electrons. The molecule has 3 N–H and O–H groups in total. The number of rotatable bonds is 6. The lowest BCUT2D eigenvalue weighted by molar-refractivity contribution is 0.559. The highest BCUT2D eigenvalue weighted by atomic mass is 15.4.